The van der Waals surface area contributed by atoms with E-state index in [2.05, 4.69) is 26.8 Å². The Labute approximate surface area is 148 Å². The monoisotopic (exact) mass is 349 g/mol. The summed E-state index contributed by atoms with van der Waals surface area (Å²) in [5, 5.41) is 0. The lowest BCUT2D eigenvalue weighted by Gasteiger charge is -2.38. The molecule has 25 heavy (non-hydrogen) atoms. The molecule has 138 valence electrons. The molecule has 0 unspecified atom stereocenters. The van der Waals surface area contributed by atoms with Gasteiger partial charge in [0, 0.05) is 46.9 Å². The zero-order valence-corrected chi connectivity index (χ0v) is 15.2. The fraction of sp³-hybridized carbons (Fsp3) is 0.750. The maximum Gasteiger partial charge on any atom is 0.251 e. The minimum atomic E-state index is -0.241. The van der Waals surface area contributed by atoms with Gasteiger partial charge < -0.3 is 20.3 Å². The van der Waals surface area contributed by atoms with Gasteiger partial charge in [0.1, 0.15) is 6.10 Å². The number of nitrogens with zero attached hydrogens (tertiary/aromatic N) is 6. The molecule has 2 aliphatic rings. The van der Waals surface area contributed by atoms with Gasteiger partial charge in [0.05, 0.1) is 6.04 Å². The van der Waals surface area contributed by atoms with Crippen LogP contribution in [0.25, 0.3) is 0 Å². The highest BCUT2D eigenvalue weighted by molar-refractivity contribution is 5.81. The van der Waals surface area contributed by atoms with E-state index in [9.17, 15) is 4.79 Å². The Morgan fingerprint density at radius 2 is 1.96 bits per heavy atom. The summed E-state index contributed by atoms with van der Waals surface area (Å²) in [5.41, 5.74) is 5.82. The van der Waals surface area contributed by atoms with Crippen LogP contribution in [0.15, 0.2) is 0 Å². The molecule has 1 aromatic rings. The van der Waals surface area contributed by atoms with E-state index in [0.717, 1.165) is 25.9 Å². The van der Waals surface area contributed by atoms with Crippen LogP contribution in [-0.2, 0) is 9.53 Å². The molecule has 0 spiro atoms. The molecule has 3 rings (SSSR count). The number of carbonyl (C=O) groups is 1. The summed E-state index contributed by atoms with van der Waals surface area (Å²) in [4.78, 5) is 31.4. The van der Waals surface area contributed by atoms with Crippen LogP contribution in [-0.4, -0.2) is 83.6 Å². The van der Waals surface area contributed by atoms with Crippen LogP contribution in [0.4, 0.5) is 11.9 Å². The second-order valence-corrected chi connectivity index (χ2v) is 6.79. The first-order valence-corrected chi connectivity index (χ1v) is 8.79. The third-order valence-corrected chi connectivity index (χ3v) is 4.81. The molecule has 0 radical (unpaired) electrons. The van der Waals surface area contributed by atoms with Crippen LogP contribution in [0, 0.1) is 0 Å². The van der Waals surface area contributed by atoms with Gasteiger partial charge >= 0.3 is 0 Å². The van der Waals surface area contributed by atoms with Crippen molar-refractivity contribution in [2.45, 2.75) is 31.9 Å². The van der Waals surface area contributed by atoms with Crippen LogP contribution in [0.5, 0.6) is 0 Å². The lowest BCUT2D eigenvalue weighted by molar-refractivity contribution is -0.143. The van der Waals surface area contributed by atoms with Crippen LogP contribution in [0.3, 0.4) is 0 Å². The summed E-state index contributed by atoms with van der Waals surface area (Å²) in [6.45, 7) is 5.72. The minimum Gasteiger partial charge on any atom is -0.368 e. The first-order chi connectivity index (χ1) is 12.0. The van der Waals surface area contributed by atoms with E-state index in [0.29, 0.717) is 31.5 Å². The predicted octanol–water partition coefficient (Wildman–Crippen LogP) is -0.0960. The largest absolute Gasteiger partial charge is 0.368 e. The number of amides is 1. The summed E-state index contributed by atoms with van der Waals surface area (Å²) in [6, 6.07) is 0.0176. The Hall–Kier alpha value is -2.00. The number of piperazine rings is 1. The smallest absolute Gasteiger partial charge is 0.251 e. The number of nitrogens with two attached hydrogens (primary N) is 1. The quantitative estimate of drug-likeness (QED) is 0.804. The molecule has 2 aliphatic heterocycles. The highest BCUT2D eigenvalue weighted by atomic mass is 16.5. The van der Waals surface area contributed by atoms with E-state index < -0.39 is 0 Å². The number of aromatic nitrogens is 3. The maximum absolute atomic E-state index is 12.4. The molecule has 0 saturated carbocycles. The van der Waals surface area contributed by atoms with Crippen molar-refractivity contribution >= 4 is 17.8 Å². The van der Waals surface area contributed by atoms with Crippen molar-refractivity contribution in [3.8, 4) is 0 Å². The third-order valence-electron chi connectivity index (χ3n) is 4.81. The summed E-state index contributed by atoms with van der Waals surface area (Å²) in [7, 11) is 3.75. The molecule has 9 nitrogen and oxygen atoms in total. The Kier molecular flexibility index (Phi) is 5.33. The van der Waals surface area contributed by atoms with Crippen LogP contribution >= 0.6 is 0 Å². The maximum atomic E-state index is 12.4. The SMILES string of the molecule is C[C@@H](c1nc(N)nc(N(C)C)n1)N1CCN(C(=O)[C@H]2CCCO2)CC1. The molecule has 2 N–H and O–H groups in total. The Bertz CT molecular complexity index is 611. The molecule has 0 aliphatic carbocycles. The number of carbonyl (C=O) groups excluding carboxylic acids is 1. The molecule has 0 bridgehead atoms. The Morgan fingerprint density at radius 3 is 2.56 bits per heavy atom. The van der Waals surface area contributed by atoms with Gasteiger partial charge in [-0.2, -0.15) is 15.0 Å². The molecule has 2 fully saturated rings. The van der Waals surface area contributed by atoms with Crippen molar-refractivity contribution in [1.82, 2.24) is 24.8 Å². The molecule has 2 saturated heterocycles. The fourth-order valence-corrected chi connectivity index (χ4v) is 3.25. The van der Waals surface area contributed by atoms with Crippen molar-refractivity contribution in [2.75, 3.05) is 57.5 Å². The summed E-state index contributed by atoms with van der Waals surface area (Å²) >= 11 is 0. The molecule has 3 heterocycles. The van der Waals surface area contributed by atoms with Gasteiger partial charge in [0.25, 0.3) is 5.91 Å². The van der Waals surface area contributed by atoms with Gasteiger partial charge in [-0.3, -0.25) is 9.69 Å². The van der Waals surface area contributed by atoms with Gasteiger partial charge in [-0.1, -0.05) is 0 Å². The van der Waals surface area contributed by atoms with Gasteiger partial charge in [0.2, 0.25) is 11.9 Å². The lowest BCUT2D eigenvalue weighted by atomic mass is 10.1. The van der Waals surface area contributed by atoms with Crippen LogP contribution in [0.2, 0.25) is 0 Å². The van der Waals surface area contributed by atoms with Crippen LogP contribution < -0.4 is 10.6 Å². The van der Waals surface area contributed by atoms with Gasteiger partial charge in [0.15, 0.2) is 5.82 Å². The van der Waals surface area contributed by atoms with E-state index in [-0.39, 0.29) is 24.0 Å². The van der Waals surface area contributed by atoms with Gasteiger partial charge in [-0.15, -0.1) is 0 Å². The number of anilines is 2. The number of hydrogen-bond acceptors (Lipinski definition) is 8. The number of nitrogen functional groups attached to an aromatic ring is 1. The third kappa shape index (κ3) is 3.98. The average molecular weight is 349 g/mol. The Balaban J connectivity index is 1.61. The molecule has 1 aromatic heterocycles. The standard InChI is InChI=1S/C16H27N7O2/c1-11(13-18-15(17)20-16(19-13)21(2)3)22-6-8-23(9-7-22)14(24)12-5-4-10-25-12/h11-12H,4-10H2,1-3H3,(H2,17,18,19,20)/t11-,12+/m0/s1. The zero-order valence-electron chi connectivity index (χ0n) is 15.2. The molecular formula is C16H27N7O2. The van der Waals surface area contributed by atoms with Crippen molar-refractivity contribution < 1.29 is 9.53 Å². The second-order valence-electron chi connectivity index (χ2n) is 6.79. The highest BCUT2D eigenvalue weighted by Gasteiger charge is 2.32. The van der Waals surface area contributed by atoms with Gasteiger partial charge in [-0.05, 0) is 19.8 Å². The second kappa shape index (κ2) is 7.49. The molecule has 1 amide bonds. The summed E-state index contributed by atoms with van der Waals surface area (Å²) < 4.78 is 5.51. The van der Waals surface area contributed by atoms with Crippen molar-refractivity contribution in [2.24, 2.45) is 0 Å². The number of ether oxygens (including phenoxy) is 1. The van der Waals surface area contributed by atoms with Crippen LogP contribution in [0.1, 0.15) is 31.6 Å². The number of rotatable bonds is 4. The van der Waals surface area contributed by atoms with Gasteiger partial charge in [-0.25, -0.2) is 0 Å². The first-order valence-electron chi connectivity index (χ1n) is 8.79. The number of hydrogen-bond donors (Lipinski definition) is 1. The molecule has 9 heteroatoms. The minimum absolute atomic E-state index is 0.0176. The van der Waals surface area contributed by atoms with E-state index >= 15 is 0 Å². The average Bonchev–Trinajstić information content (AvgIpc) is 3.14. The summed E-state index contributed by atoms with van der Waals surface area (Å²) in [5.74, 6) is 1.58. The molecular weight excluding hydrogens is 322 g/mol. The van der Waals surface area contributed by atoms with Crippen molar-refractivity contribution in [3.63, 3.8) is 0 Å². The van der Waals surface area contributed by atoms with Crippen molar-refractivity contribution in [1.29, 1.82) is 0 Å². The van der Waals surface area contributed by atoms with E-state index in [1.54, 1.807) is 0 Å². The highest BCUT2D eigenvalue weighted by Crippen LogP contribution is 2.22. The lowest BCUT2D eigenvalue weighted by Crippen LogP contribution is -2.52. The first kappa shape index (κ1) is 17.8. The zero-order chi connectivity index (χ0) is 18.0. The normalized spacial score (nSPS) is 22.8. The fourth-order valence-electron chi connectivity index (χ4n) is 3.25. The van der Waals surface area contributed by atoms with E-state index in [1.807, 2.05) is 23.9 Å². The van der Waals surface area contributed by atoms with Crippen molar-refractivity contribution in [3.05, 3.63) is 5.82 Å². The van der Waals surface area contributed by atoms with E-state index in [4.69, 9.17) is 10.5 Å². The topological polar surface area (TPSA) is 101 Å². The predicted molar refractivity (Wildman–Crippen MR) is 94.1 cm³/mol. The molecule has 2 atom stereocenters. The Morgan fingerprint density at radius 1 is 1.24 bits per heavy atom. The summed E-state index contributed by atoms with van der Waals surface area (Å²) in [6.07, 6.45) is 1.57. The van der Waals surface area contributed by atoms with E-state index in [1.165, 1.54) is 0 Å². The molecule has 0 aromatic carbocycles.